The second-order valence-corrected chi connectivity index (χ2v) is 7.75. The highest BCUT2D eigenvalue weighted by atomic mass is 16.3. The molecule has 5 rings (SSSR count). The zero-order chi connectivity index (χ0) is 17.1. The van der Waals surface area contributed by atoms with Crippen molar-refractivity contribution in [3.05, 3.63) is 77.9 Å². The van der Waals surface area contributed by atoms with Crippen molar-refractivity contribution < 1.29 is 9.59 Å². The number of rotatable bonds is 5. The Labute approximate surface area is 151 Å². The van der Waals surface area contributed by atoms with Gasteiger partial charge in [0, 0.05) is 25.2 Å². The van der Waals surface area contributed by atoms with E-state index in [1.54, 1.807) is 0 Å². The van der Waals surface area contributed by atoms with Crippen LogP contribution in [0.2, 0.25) is 0 Å². The van der Waals surface area contributed by atoms with Crippen LogP contribution in [0.4, 0.5) is 0 Å². The van der Waals surface area contributed by atoms with Crippen molar-refractivity contribution >= 4 is 6.08 Å². The number of aliphatic hydroxyl groups is 1. The largest absolute Gasteiger partial charge is 0.387 e. The highest BCUT2D eigenvalue weighted by molar-refractivity contribution is 5.48. The van der Waals surface area contributed by atoms with Crippen LogP contribution in [-0.2, 0) is 6.42 Å². The van der Waals surface area contributed by atoms with E-state index in [1.165, 1.54) is 37.1 Å². The molecule has 0 spiro atoms. The van der Waals surface area contributed by atoms with Crippen LogP contribution in [0.5, 0.6) is 0 Å². The number of hydrogen-bond donors (Lipinski definition) is 1. The molecule has 130 valence electrons. The van der Waals surface area contributed by atoms with E-state index in [4.69, 9.17) is 0 Å². The van der Waals surface area contributed by atoms with E-state index in [1.807, 2.05) is 0 Å². The van der Waals surface area contributed by atoms with Crippen LogP contribution < -0.4 is 0 Å². The van der Waals surface area contributed by atoms with Crippen LogP contribution in [0.3, 0.4) is 0 Å². The third kappa shape index (κ3) is 3.42. The quantitative estimate of drug-likeness (QED) is 0.822. The molecule has 0 aromatic heterocycles. The zero-order valence-electron chi connectivity index (χ0n) is 14.8. The number of nitrogens with zero attached hydrogens (tertiary/aromatic N) is 1. The van der Waals surface area contributed by atoms with Gasteiger partial charge in [-0.15, -0.1) is 0 Å². The van der Waals surface area contributed by atoms with Crippen LogP contribution in [-0.4, -0.2) is 41.4 Å². The molecule has 0 saturated carbocycles. The molecule has 0 radical (unpaired) electrons. The minimum atomic E-state index is -0.159. The van der Waals surface area contributed by atoms with E-state index in [9.17, 15) is 5.11 Å². The smallest absolute Gasteiger partial charge is 0.120 e. The molecule has 1 N–H and O–H groups in total. The van der Waals surface area contributed by atoms with Gasteiger partial charge in [-0.05, 0) is 17.2 Å². The van der Waals surface area contributed by atoms with Crippen molar-refractivity contribution in [1.82, 2.24) is 0 Å². The van der Waals surface area contributed by atoms with Crippen molar-refractivity contribution in [2.45, 2.75) is 31.4 Å². The van der Waals surface area contributed by atoms with Gasteiger partial charge in [0.25, 0.3) is 0 Å². The summed E-state index contributed by atoms with van der Waals surface area (Å²) in [5, 5.41) is 11.0. The topological polar surface area (TPSA) is 20.2 Å². The lowest BCUT2D eigenvalue weighted by atomic mass is 9.76. The summed E-state index contributed by atoms with van der Waals surface area (Å²) in [5.41, 5.74) is 2.61. The van der Waals surface area contributed by atoms with E-state index < -0.39 is 0 Å². The summed E-state index contributed by atoms with van der Waals surface area (Å²) >= 11 is 0. The molecular formula is C23H28NO+. The summed E-state index contributed by atoms with van der Waals surface area (Å²) in [5.74, 6) is 0.506. The molecule has 0 unspecified atom stereocenters. The van der Waals surface area contributed by atoms with Gasteiger partial charge < -0.3 is 9.59 Å². The third-order valence-corrected chi connectivity index (χ3v) is 6.34. The minimum Gasteiger partial charge on any atom is -0.387 e. The number of fused-ring (bicyclic) bond motifs is 3. The number of benzene rings is 2. The monoisotopic (exact) mass is 334 g/mol. The molecule has 2 atom stereocenters. The Morgan fingerprint density at radius 1 is 0.920 bits per heavy atom. The molecular weight excluding hydrogens is 306 g/mol. The molecule has 25 heavy (non-hydrogen) atoms. The number of hydrogen-bond acceptors (Lipinski definition) is 1. The molecule has 2 aromatic carbocycles. The van der Waals surface area contributed by atoms with E-state index in [0.29, 0.717) is 12.0 Å². The summed E-state index contributed by atoms with van der Waals surface area (Å²) in [6.45, 7) is 3.44. The zero-order valence-corrected chi connectivity index (χ0v) is 14.8. The molecule has 2 aromatic rings. The summed E-state index contributed by atoms with van der Waals surface area (Å²) in [6, 6.07) is 21.5. The van der Waals surface area contributed by atoms with Gasteiger partial charge in [-0.2, -0.15) is 0 Å². The first kappa shape index (κ1) is 16.6. The van der Waals surface area contributed by atoms with E-state index in [-0.39, 0.29) is 6.10 Å². The first-order valence-electron chi connectivity index (χ1n) is 9.56. The molecule has 3 aliphatic heterocycles. The average Bonchev–Trinajstić information content (AvgIpc) is 2.67. The molecule has 2 heteroatoms. The van der Waals surface area contributed by atoms with Gasteiger partial charge >= 0.3 is 0 Å². The van der Waals surface area contributed by atoms with Gasteiger partial charge in [0.15, 0.2) is 0 Å². The first-order chi connectivity index (χ1) is 12.3. The Bertz CT molecular complexity index is 701. The Balaban J connectivity index is 1.54. The normalized spacial score (nSPS) is 31.5. The average molecular weight is 334 g/mol. The lowest BCUT2D eigenvalue weighted by Crippen LogP contribution is -2.70. The minimum absolute atomic E-state index is 0.159. The van der Waals surface area contributed by atoms with E-state index in [2.05, 4.69) is 72.8 Å². The van der Waals surface area contributed by atoms with Crippen LogP contribution in [0.1, 0.15) is 24.0 Å². The van der Waals surface area contributed by atoms with Crippen LogP contribution >= 0.6 is 0 Å². The summed E-state index contributed by atoms with van der Waals surface area (Å²) in [7, 11) is 0. The Kier molecular flexibility index (Phi) is 4.74. The van der Waals surface area contributed by atoms with Crippen LogP contribution in [0, 0.1) is 5.92 Å². The second-order valence-electron chi connectivity index (χ2n) is 7.75. The van der Waals surface area contributed by atoms with Crippen molar-refractivity contribution in [1.29, 1.82) is 0 Å². The molecule has 0 amide bonds. The van der Waals surface area contributed by atoms with Gasteiger partial charge in [0.1, 0.15) is 12.1 Å². The third-order valence-electron chi connectivity index (χ3n) is 6.34. The Morgan fingerprint density at radius 2 is 1.56 bits per heavy atom. The maximum Gasteiger partial charge on any atom is 0.120 e. The summed E-state index contributed by atoms with van der Waals surface area (Å²) in [6.07, 6.45) is 7.73. The molecule has 3 aliphatic rings. The molecule has 2 bridgehead atoms. The fraction of sp³-hybridized carbons (Fsp3) is 0.391. The molecule has 3 heterocycles. The highest BCUT2D eigenvalue weighted by Crippen LogP contribution is 2.40. The fourth-order valence-electron chi connectivity index (χ4n) is 4.86. The summed E-state index contributed by atoms with van der Waals surface area (Å²) in [4.78, 5) is 0. The number of piperidine rings is 3. The Hall–Kier alpha value is -1.90. The highest BCUT2D eigenvalue weighted by Gasteiger charge is 2.52. The molecule has 3 saturated heterocycles. The maximum absolute atomic E-state index is 11.0. The van der Waals surface area contributed by atoms with E-state index >= 15 is 0 Å². The first-order valence-corrected chi connectivity index (χ1v) is 9.56. The Morgan fingerprint density at radius 3 is 2.24 bits per heavy atom. The predicted octanol–water partition coefficient (Wildman–Crippen LogP) is 3.91. The SMILES string of the molecule is O[C@@H]1C2CC[N+](C/C=C/c3ccccc3)(CC2)[C@@H]1Cc1ccccc1. The lowest BCUT2D eigenvalue weighted by Gasteiger charge is -2.56. The number of quaternary nitrogens is 1. The molecule has 0 aliphatic carbocycles. The lowest BCUT2D eigenvalue weighted by molar-refractivity contribution is -0.965. The molecule has 3 fully saturated rings. The van der Waals surface area contributed by atoms with Gasteiger partial charge in [-0.1, -0.05) is 66.7 Å². The van der Waals surface area contributed by atoms with Crippen molar-refractivity contribution in [3.63, 3.8) is 0 Å². The van der Waals surface area contributed by atoms with Crippen molar-refractivity contribution in [2.75, 3.05) is 19.6 Å². The van der Waals surface area contributed by atoms with Gasteiger partial charge in [-0.25, -0.2) is 0 Å². The van der Waals surface area contributed by atoms with E-state index in [0.717, 1.165) is 17.4 Å². The van der Waals surface area contributed by atoms with Gasteiger partial charge in [-0.3, -0.25) is 0 Å². The van der Waals surface area contributed by atoms with Gasteiger partial charge in [0.05, 0.1) is 19.6 Å². The second kappa shape index (κ2) is 7.15. The standard InChI is InChI=1S/C23H28NO/c25-23-21-13-16-24(17-14-21,15-7-12-19-8-3-1-4-9-19)22(23)18-20-10-5-2-6-11-20/h1-12,21-23,25H,13-18H2/q+1/b12-7+/t21?,22-,23-,24?/m1/s1. The van der Waals surface area contributed by atoms with Crippen molar-refractivity contribution in [3.8, 4) is 0 Å². The fourth-order valence-corrected chi connectivity index (χ4v) is 4.86. The van der Waals surface area contributed by atoms with Crippen LogP contribution in [0.15, 0.2) is 66.7 Å². The van der Waals surface area contributed by atoms with Crippen LogP contribution in [0.25, 0.3) is 6.08 Å². The predicted molar refractivity (Wildman–Crippen MR) is 103 cm³/mol. The summed E-state index contributed by atoms with van der Waals surface area (Å²) < 4.78 is 1.05. The van der Waals surface area contributed by atoms with Gasteiger partial charge in [0.2, 0.25) is 0 Å². The van der Waals surface area contributed by atoms with Crippen molar-refractivity contribution in [2.24, 2.45) is 5.92 Å². The number of aliphatic hydroxyl groups excluding tert-OH is 1. The molecule has 2 nitrogen and oxygen atoms in total. The maximum atomic E-state index is 11.0.